The number of benzene rings is 2. The van der Waals surface area contributed by atoms with Gasteiger partial charge in [-0.2, -0.15) is 0 Å². The molecule has 0 fully saturated rings. The van der Waals surface area contributed by atoms with Crippen molar-refractivity contribution in [1.29, 1.82) is 0 Å². The zero-order valence-electron chi connectivity index (χ0n) is 18.0. The third kappa shape index (κ3) is 7.05. The van der Waals surface area contributed by atoms with Gasteiger partial charge in [0, 0.05) is 17.7 Å². The van der Waals surface area contributed by atoms with Crippen molar-refractivity contribution in [2.45, 2.75) is 33.2 Å². The second kappa shape index (κ2) is 10.9. The van der Waals surface area contributed by atoms with Crippen LogP contribution in [-0.2, 0) is 9.59 Å². The van der Waals surface area contributed by atoms with Crippen molar-refractivity contribution in [1.82, 2.24) is 10.6 Å². The minimum absolute atomic E-state index is 0.0375. The van der Waals surface area contributed by atoms with E-state index in [1.807, 2.05) is 6.92 Å². The minimum atomic E-state index is -1.45. The van der Waals surface area contributed by atoms with Crippen LogP contribution in [0.2, 0.25) is 0 Å². The van der Waals surface area contributed by atoms with Crippen LogP contribution in [0.4, 0.5) is 5.69 Å². The van der Waals surface area contributed by atoms with Gasteiger partial charge in [0.1, 0.15) is 5.70 Å². The van der Waals surface area contributed by atoms with Crippen molar-refractivity contribution in [2.24, 2.45) is 5.92 Å². The van der Waals surface area contributed by atoms with Gasteiger partial charge >= 0.3 is 0 Å². The summed E-state index contributed by atoms with van der Waals surface area (Å²) in [6, 6.07) is 10.8. The highest BCUT2D eigenvalue weighted by atomic mass is 16.6. The van der Waals surface area contributed by atoms with Gasteiger partial charge in [0.05, 0.1) is 16.9 Å². The molecule has 2 rings (SSSR count). The summed E-state index contributed by atoms with van der Waals surface area (Å²) in [5.41, 5.74) is 1.05. The van der Waals surface area contributed by atoms with E-state index in [-0.39, 0.29) is 34.9 Å². The number of carbonyl (C=O) groups is 3. The van der Waals surface area contributed by atoms with Crippen LogP contribution in [-0.4, -0.2) is 28.7 Å². The van der Waals surface area contributed by atoms with E-state index in [2.05, 4.69) is 10.6 Å². The summed E-state index contributed by atoms with van der Waals surface area (Å²) in [5.74, 6) is -2.94. The van der Waals surface area contributed by atoms with E-state index < -0.39 is 28.7 Å². The third-order valence-corrected chi connectivity index (χ3v) is 4.50. The Balaban J connectivity index is 2.39. The molecule has 0 aliphatic rings. The molecular formula is C23H24N3O6-. The molecule has 0 unspecified atom stereocenters. The predicted molar refractivity (Wildman–Crippen MR) is 116 cm³/mol. The van der Waals surface area contributed by atoms with Gasteiger partial charge in [-0.15, -0.1) is 0 Å². The zero-order chi connectivity index (χ0) is 23.8. The summed E-state index contributed by atoms with van der Waals surface area (Å²) in [5, 5.41) is 27.3. The Morgan fingerprint density at radius 3 is 2.31 bits per heavy atom. The maximum Gasteiger partial charge on any atom is 0.270 e. The molecule has 1 atom stereocenters. The number of nitrogens with one attached hydrogen (secondary N) is 2. The Morgan fingerprint density at radius 2 is 1.75 bits per heavy atom. The molecule has 0 radical (unpaired) electrons. The highest BCUT2D eigenvalue weighted by Gasteiger charge is 2.20. The summed E-state index contributed by atoms with van der Waals surface area (Å²) >= 11 is 0. The molecule has 32 heavy (non-hydrogen) atoms. The lowest BCUT2D eigenvalue weighted by atomic mass is 10.0. The quantitative estimate of drug-likeness (QED) is 0.348. The number of nitro benzene ring substituents is 1. The molecule has 0 aliphatic heterocycles. The van der Waals surface area contributed by atoms with Crippen molar-refractivity contribution < 1.29 is 24.4 Å². The zero-order valence-corrected chi connectivity index (χ0v) is 18.0. The van der Waals surface area contributed by atoms with E-state index in [1.165, 1.54) is 30.3 Å². The number of non-ortho nitro benzene ring substituents is 1. The Hall–Kier alpha value is -4.01. The largest absolute Gasteiger partial charge is 0.548 e. The normalized spacial score (nSPS) is 12.2. The van der Waals surface area contributed by atoms with Gasteiger partial charge in [-0.05, 0) is 43.0 Å². The first-order valence-electron chi connectivity index (χ1n) is 9.92. The number of carboxylic acid groups (broad SMARTS) is 1. The van der Waals surface area contributed by atoms with Crippen molar-refractivity contribution in [3.63, 3.8) is 0 Å². The predicted octanol–water partition coefficient (Wildman–Crippen LogP) is 1.95. The smallest absolute Gasteiger partial charge is 0.270 e. The Morgan fingerprint density at radius 1 is 1.09 bits per heavy atom. The lowest BCUT2D eigenvalue weighted by molar-refractivity contribution is -0.384. The number of rotatable bonds is 9. The fourth-order valence-electron chi connectivity index (χ4n) is 2.87. The molecule has 0 saturated carbocycles. The van der Waals surface area contributed by atoms with Crippen LogP contribution in [0, 0.1) is 23.0 Å². The Kier molecular flexibility index (Phi) is 8.23. The van der Waals surface area contributed by atoms with E-state index in [4.69, 9.17) is 0 Å². The molecule has 9 heteroatoms. The lowest BCUT2D eigenvalue weighted by Gasteiger charge is -2.22. The number of hydrogen-bond donors (Lipinski definition) is 2. The summed E-state index contributed by atoms with van der Waals surface area (Å²) < 4.78 is 0. The first-order chi connectivity index (χ1) is 15.1. The molecule has 0 bridgehead atoms. The highest BCUT2D eigenvalue weighted by molar-refractivity contribution is 6.06. The minimum Gasteiger partial charge on any atom is -0.548 e. The molecule has 0 spiro atoms. The number of amides is 2. The van der Waals surface area contributed by atoms with Gasteiger partial charge in [0.15, 0.2) is 0 Å². The molecule has 2 N–H and O–H groups in total. The molecule has 0 aliphatic carbocycles. The van der Waals surface area contributed by atoms with Crippen molar-refractivity contribution in [3.8, 4) is 0 Å². The van der Waals surface area contributed by atoms with E-state index >= 15 is 0 Å². The van der Waals surface area contributed by atoms with E-state index in [9.17, 15) is 29.6 Å². The average Bonchev–Trinajstić information content (AvgIpc) is 2.72. The standard InChI is InChI=1S/C23H25N3O6/c1-14(2)11-20(23(29)30)25-22(28)19(13-16-5-4-6-18(12-16)26(31)32)24-21(27)17-9-7-15(3)8-10-17/h4-10,12-14,20H,11H2,1-3H3,(H,24,27)(H,25,28)(H,29,30)/p-1/b19-13+/t20-/m0/s1. The Labute approximate surface area is 185 Å². The van der Waals surface area contributed by atoms with E-state index in [1.54, 1.807) is 38.1 Å². The lowest BCUT2D eigenvalue weighted by Crippen LogP contribution is -2.50. The second-order valence-corrected chi connectivity index (χ2v) is 7.70. The van der Waals surface area contributed by atoms with Crippen molar-refractivity contribution in [3.05, 3.63) is 81.0 Å². The fraction of sp³-hybridized carbons (Fsp3) is 0.261. The average molecular weight is 438 g/mol. The number of nitrogens with zero attached hydrogens (tertiary/aromatic N) is 1. The highest BCUT2D eigenvalue weighted by Crippen LogP contribution is 2.16. The molecule has 2 aromatic rings. The van der Waals surface area contributed by atoms with Crippen LogP contribution < -0.4 is 15.7 Å². The van der Waals surface area contributed by atoms with Crippen LogP contribution in [0.3, 0.4) is 0 Å². The summed E-state index contributed by atoms with van der Waals surface area (Å²) in [4.78, 5) is 47.4. The Bertz CT molecular complexity index is 1040. The molecule has 2 amide bonds. The van der Waals surface area contributed by atoms with Gasteiger partial charge in [0.2, 0.25) is 0 Å². The number of aliphatic carboxylic acids is 1. The van der Waals surface area contributed by atoms with Crippen molar-refractivity contribution >= 4 is 29.5 Å². The molecule has 0 aromatic heterocycles. The maximum atomic E-state index is 12.9. The van der Waals surface area contributed by atoms with Crippen LogP contribution in [0.1, 0.15) is 41.8 Å². The summed E-state index contributed by atoms with van der Waals surface area (Å²) in [6.07, 6.45) is 1.38. The SMILES string of the molecule is Cc1ccc(C(=O)N/C(=C/c2cccc([N+](=O)[O-])c2)C(=O)N[C@@H](CC(C)C)C(=O)[O-])cc1. The molecule has 2 aromatic carbocycles. The van der Waals surface area contributed by atoms with Gasteiger partial charge in [-0.1, -0.05) is 43.7 Å². The summed E-state index contributed by atoms with van der Waals surface area (Å²) in [7, 11) is 0. The third-order valence-electron chi connectivity index (χ3n) is 4.50. The van der Waals surface area contributed by atoms with Gasteiger partial charge in [-0.25, -0.2) is 0 Å². The molecule has 9 nitrogen and oxygen atoms in total. The van der Waals surface area contributed by atoms with Crippen molar-refractivity contribution in [2.75, 3.05) is 0 Å². The molecule has 0 heterocycles. The van der Waals surface area contributed by atoms with Gasteiger partial charge < -0.3 is 20.5 Å². The second-order valence-electron chi connectivity index (χ2n) is 7.70. The van der Waals surface area contributed by atoms with Crippen LogP contribution in [0.25, 0.3) is 6.08 Å². The number of hydrogen-bond acceptors (Lipinski definition) is 6. The van der Waals surface area contributed by atoms with Crippen LogP contribution in [0.5, 0.6) is 0 Å². The first-order valence-corrected chi connectivity index (χ1v) is 9.92. The van der Waals surface area contributed by atoms with E-state index in [0.717, 1.165) is 5.56 Å². The van der Waals surface area contributed by atoms with Gasteiger partial charge in [0.25, 0.3) is 17.5 Å². The first kappa shape index (κ1) is 24.3. The van der Waals surface area contributed by atoms with Crippen LogP contribution >= 0.6 is 0 Å². The van der Waals surface area contributed by atoms with E-state index in [0.29, 0.717) is 0 Å². The number of nitro groups is 1. The molecule has 0 saturated heterocycles. The fourth-order valence-corrected chi connectivity index (χ4v) is 2.87. The van der Waals surface area contributed by atoms with Gasteiger partial charge in [-0.3, -0.25) is 19.7 Å². The molecule has 168 valence electrons. The van der Waals surface area contributed by atoms with Crippen LogP contribution in [0.15, 0.2) is 54.2 Å². The topological polar surface area (TPSA) is 141 Å². The summed E-state index contributed by atoms with van der Waals surface area (Å²) in [6.45, 7) is 5.44. The number of carboxylic acids is 1. The monoisotopic (exact) mass is 438 g/mol. The number of carbonyl (C=O) groups excluding carboxylic acids is 3. The molecular weight excluding hydrogens is 414 g/mol. The number of aryl methyl sites for hydroxylation is 1. The maximum absolute atomic E-state index is 12.9.